The zero-order valence-electron chi connectivity index (χ0n) is 9.64. The smallest absolute Gasteiger partial charge is 0.257 e. The van der Waals surface area contributed by atoms with E-state index in [1.54, 1.807) is 30.5 Å². The Morgan fingerprint density at radius 2 is 1.94 bits per heavy atom. The summed E-state index contributed by atoms with van der Waals surface area (Å²) in [7, 11) is 0. The third-order valence-corrected chi connectivity index (χ3v) is 3.34. The van der Waals surface area contributed by atoms with E-state index in [4.69, 9.17) is 18.0 Å². The van der Waals surface area contributed by atoms with Crippen LogP contribution in [0.4, 0.5) is 5.13 Å². The molecule has 2 aromatic rings. The lowest BCUT2D eigenvalue weighted by molar-refractivity contribution is 0.102. The van der Waals surface area contributed by atoms with Crippen LogP contribution in [0.3, 0.4) is 0 Å². The molecule has 0 aliphatic heterocycles. The summed E-state index contributed by atoms with van der Waals surface area (Å²) in [6.07, 6.45) is 1.72. The molecule has 0 fully saturated rings. The second kappa shape index (κ2) is 5.24. The molecule has 18 heavy (non-hydrogen) atoms. The first-order valence-corrected chi connectivity index (χ1v) is 6.42. The fourth-order valence-electron chi connectivity index (χ4n) is 1.37. The monoisotopic (exact) mass is 277 g/mol. The van der Waals surface area contributed by atoms with Gasteiger partial charge in [-0.2, -0.15) is 0 Å². The molecule has 0 aliphatic rings. The predicted molar refractivity (Wildman–Crippen MR) is 77.1 cm³/mol. The summed E-state index contributed by atoms with van der Waals surface area (Å²) in [6.45, 7) is 1.93. The number of thiocarbonyl (C=S) groups is 1. The number of carbonyl (C=O) groups is 1. The van der Waals surface area contributed by atoms with Crippen LogP contribution in [0, 0.1) is 6.92 Å². The molecule has 0 bridgehead atoms. The average molecular weight is 277 g/mol. The Bertz CT molecular complexity index is 590. The van der Waals surface area contributed by atoms with Gasteiger partial charge in [-0.3, -0.25) is 10.1 Å². The van der Waals surface area contributed by atoms with Crippen molar-refractivity contribution in [3.05, 3.63) is 46.5 Å². The number of aromatic nitrogens is 1. The van der Waals surface area contributed by atoms with E-state index in [1.807, 2.05) is 6.92 Å². The first kappa shape index (κ1) is 12.7. The number of nitrogens with one attached hydrogen (secondary N) is 1. The summed E-state index contributed by atoms with van der Waals surface area (Å²) < 4.78 is 0. The van der Waals surface area contributed by atoms with Crippen molar-refractivity contribution in [3.8, 4) is 0 Å². The molecule has 4 nitrogen and oxygen atoms in total. The van der Waals surface area contributed by atoms with Gasteiger partial charge in [-0.1, -0.05) is 24.4 Å². The molecule has 1 heterocycles. The van der Waals surface area contributed by atoms with Gasteiger partial charge in [0.25, 0.3) is 5.91 Å². The molecule has 0 aliphatic carbocycles. The maximum Gasteiger partial charge on any atom is 0.257 e. The fourth-order valence-corrected chi connectivity index (χ4v) is 2.16. The van der Waals surface area contributed by atoms with Crippen LogP contribution in [0.2, 0.25) is 0 Å². The standard InChI is InChI=1S/C12H11N3OS2/c1-7-6-14-12(18-7)15-11(16)9-4-2-8(3-5-9)10(13)17/h2-6H,1H3,(H2,13,17)(H,14,15,16). The van der Waals surface area contributed by atoms with Gasteiger partial charge in [-0.05, 0) is 19.1 Å². The topological polar surface area (TPSA) is 68.0 Å². The first-order valence-electron chi connectivity index (χ1n) is 5.20. The van der Waals surface area contributed by atoms with Gasteiger partial charge in [-0.25, -0.2) is 4.98 Å². The van der Waals surface area contributed by atoms with E-state index in [9.17, 15) is 4.79 Å². The molecule has 0 spiro atoms. The molecular weight excluding hydrogens is 266 g/mol. The Kier molecular flexibility index (Phi) is 3.69. The maximum atomic E-state index is 11.9. The number of carbonyl (C=O) groups excluding carboxylic acids is 1. The number of nitrogens with two attached hydrogens (primary N) is 1. The maximum absolute atomic E-state index is 11.9. The van der Waals surface area contributed by atoms with E-state index in [0.717, 1.165) is 10.4 Å². The van der Waals surface area contributed by atoms with Crippen molar-refractivity contribution in [2.75, 3.05) is 5.32 Å². The minimum absolute atomic E-state index is 0.196. The van der Waals surface area contributed by atoms with Gasteiger partial charge >= 0.3 is 0 Å². The largest absolute Gasteiger partial charge is 0.389 e. The summed E-state index contributed by atoms with van der Waals surface area (Å²) in [5, 5.41) is 3.33. The summed E-state index contributed by atoms with van der Waals surface area (Å²) in [5.74, 6) is -0.196. The Morgan fingerprint density at radius 3 is 2.44 bits per heavy atom. The molecule has 1 aromatic carbocycles. The number of aryl methyl sites for hydroxylation is 1. The van der Waals surface area contributed by atoms with Gasteiger partial charge in [0.2, 0.25) is 0 Å². The van der Waals surface area contributed by atoms with Crippen LogP contribution in [0.1, 0.15) is 20.8 Å². The number of hydrogen-bond donors (Lipinski definition) is 2. The van der Waals surface area contributed by atoms with Gasteiger partial charge in [-0.15, -0.1) is 11.3 Å². The number of hydrogen-bond acceptors (Lipinski definition) is 4. The SMILES string of the molecule is Cc1cnc(NC(=O)c2ccc(C(N)=S)cc2)s1. The van der Waals surface area contributed by atoms with Crippen LogP contribution in [0.15, 0.2) is 30.5 Å². The summed E-state index contributed by atoms with van der Waals surface area (Å²) in [4.78, 5) is 17.3. The first-order chi connectivity index (χ1) is 8.56. The van der Waals surface area contributed by atoms with Crippen molar-refractivity contribution < 1.29 is 4.79 Å². The van der Waals surface area contributed by atoms with E-state index in [0.29, 0.717) is 15.7 Å². The van der Waals surface area contributed by atoms with Crippen LogP contribution in [-0.2, 0) is 0 Å². The minimum Gasteiger partial charge on any atom is -0.389 e. The molecule has 92 valence electrons. The van der Waals surface area contributed by atoms with Gasteiger partial charge in [0.1, 0.15) is 4.99 Å². The molecule has 1 amide bonds. The van der Waals surface area contributed by atoms with Gasteiger partial charge < -0.3 is 5.73 Å². The lowest BCUT2D eigenvalue weighted by Crippen LogP contribution is -2.13. The molecule has 2 rings (SSSR count). The zero-order chi connectivity index (χ0) is 13.1. The number of benzene rings is 1. The Balaban J connectivity index is 2.11. The molecule has 0 radical (unpaired) electrons. The minimum atomic E-state index is -0.196. The quantitative estimate of drug-likeness (QED) is 0.845. The molecule has 1 aromatic heterocycles. The van der Waals surface area contributed by atoms with Crippen LogP contribution in [0.25, 0.3) is 0 Å². The van der Waals surface area contributed by atoms with Gasteiger partial charge in [0.15, 0.2) is 5.13 Å². The third-order valence-electron chi connectivity index (χ3n) is 2.27. The van der Waals surface area contributed by atoms with Gasteiger partial charge in [0, 0.05) is 22.2 Å². The Morgan fingerprint density at radius 1 is 1.33 bits per heavy atom. The van der Waals surface area contributed by atoms with E-state index in [1.165, 1.54) is 11.3 Å². The summed E-state index contributed by atoms with van der Waals surface area (Å²) >= 11 is 6.28. The van der Waals surface area contributed by atoms with Crippen LogP contribution in [-0.4, -0.2) is 15.9 Å². The molecular formula is C12H11N3OS2. The van der Waals surface area contributed by atoms with Crippen molar-refractivity contribution in [2.24, 2.45) is 5.73 Å². The van der Waals surface area contributed by atoms with Crippen LogP contribution >= 0.6 is 23.6 Å². The Hall–Kier alpha value is -1.79. The molecule has 0 unspecified atom stereocenters. The lowest BCUT2D eigenvalue weighted by atomic mass is 10.1. The van der Waals surface area contributed by atoms with Crippen molar-refractivity contribution >= 4 is 39.6 Å². The number of anilines is 1. The second-order valence-electron chi connectivity index (χ2n) is 3.67. The number of nitrogens with zero attached hydrogens (tertiary/aromatic N) is 1. The van der Waals surface area contributed by atoms with Crippen molar-refractivity contribution in [2.45, 2.75) is 6.92 Å². The van der Waals surface area contributed by atoms with Crippen molar-refractivity contribution in [3.63, 3.8) is 0 Å². The second-order valence-corrected chi connectivity index (χ2v) is 5.35. The summed E-state index contributed by atoms with van der Waals surface area (Å²) in [5.41, 5.74) is 6.78. The van der Waals surface area contributed by atoms with Crippen LogP contribution < -0.4 is 11.1 Å². The molecule has 0 saturated heterocycles. The molecule has 3 N–H and O–H groups in total. The van der Waals surface area contributed by atoms with Gasteiger partial charge in [0.05, 0.1) is 0 Å². The highest BCUT2D eigenvalue weighted by molar-refractivity contribution is 7.80. The highest BCUT2D eigenvalue weighted by Gasteiger charge is 2.08. The average Bonchev–Trinajstić information content (AvgIpc) is 2.75. The predicted octanol–water partition coefficient (Wildman–Crippen LogP) is 2.34. The number of rotatable bonds is 3. The number of thiazole rings is 1. The lowest BCUT2D eigenvalue weighted by Gasteiger charge is -2.03. The molecule has 0 saturated carbocycles. The van der Waals surface area contributed by atoms with E-state index < -0.39 is 0 Å². The Labute approximate surface area is 114 Å². The zero-order valence-corrected chi connectivity index (χ0v) is 11.3. The highest BCUT2D eigenvalue weighted by atomic mass is 32.1. The van der Waals surface area contributed by atoms with E-state index >= 15 is 0 Å². The van der Waals surface area contributed by atoms with Crippen molar-refractivity contribution in [1.29, 1.82) is 0 Å². The highest BCUT2D eigenvalue weighted by Crippen LogP contribution is 2.17. The number of amides is 1. The van der Waals surface area contributed by atoms with Crippen molar-refractivity contribution in [1.82, 2.24) is 4.98 Å². The molecule has 0 atom stereocenters. The normalized spacial score (nSPS) is 10.1. The fraction of sp³-hybridized carbons (Fsp3) is 0.0833. The van der Waals surface area contributed by atoms with E-state index in [-0.39, 0.29) is 5.91 Å². The molecule has 6 heteroatoms. The summed E-state index contributed by atoms with van der Waals surface area (Å²) in [6, 6.07) is 6.82. The third kappa shape index (κ3) is 2.91. The van der Waals surface area contributed by atoms with Crippen LogP contribution in [0.5, 0.6) is 0 Å². The van der Waals surface area contributed by atoms with E-state index in [2.05, 4.69) is 10.3 Å².